The van der Waals surface area contributed by atoms with Crippen molar-refractivity contribution in [2.45, 2.75) is 26.8 Å². The quantitative estimate of drug-likeness (QED) is 0.844. The number of benzene rings is 1. The van der Waals surface area contributed by atoms with Gasteiger partial charge in [0.15, 0.2) is 0 Å². The number of hydrogen-bond acceptors (Lipinski definition) is 2. The van der Waals surface area contributed by atoms with Crippen LogP contribution in [0, 0.1) is 11.2 Å². The molecule has 0 bridgehead atoms. The number of nitrogens with one attached hydrogen (secondary N) is 2. The van der Waals surface area contributed by atoms with Gasteiger partial charge in [-0.15, -0.1) is 0 Å². The van der Waals surface area contributed by atoms with Crippen LogP contribution in [-0.2, 0) is 4.79 Å². The van der Waals surface area contributed by atoms with Gasteiger partial charge in [0.25, 0.3) is 0 Å². The number of carbonyl (C=O) groups excluding carboxylic acids is 1. The van der Waals surface area contributed by atoms with Gasteiger partial charge in [-0.05, 0) is 26.8 Å². The molecule has 0 fully saturated rings. The molecule has 2 N–H and O–H groups in total. The Morgan fingerprint density at radius 1 is 1.39 bits per heavy atom. The molecule has 0 saturated heterocycles. The van der Waals surface area contributed by atoms with Gasteiger partial charge in [0.1, 0.15) is 5.82 Å². The first-order chi connectivity index (χ1) is 8.38. The Morgan fingerprint density at radius 2 is 2.00 bits per heavy atom. The lowest BCUT2D eigenvalue weighted by atomic mass is 9.91. The monoisotopic (exact) mass is 252 g/mol. The van der Waals surface area contributed by atoms with E-state index in [2.05, 4.69) is 10.6 Å². The van der Waals surface area contributed by atoms with Crippen LogP contribution in [0.4, 0.5) is 4.39 Å². The minimum absolute atomic E-state index is 0.0317. The Hall–Kier alpha value is -1.42. The zero-order chi connectivity index (χ0) is 13.8. The van der Waals surface area contributed by atoms with Crippen LogP contribution >= 0.6 is 0 Å². The zero-order valence-electron chi connectivity index (χ0n) is 11.4. The summed E-state index contributed by atoms with van der Waals surface area (Å²) in [4.78, 5) is 11.6. The summed E-state index contributed by atoms with van der Waals surface area (Å²) in [5, 5.41) is 5.82. The molecule has 100 valence electrons. The number of hydrogen-bond donors (Lipinski definition) is 2. The third-order valence-corrected chi connectivity index (χ3v) is 3.06. The summed E-state index contributed by atoms with van der Waals surface area (Å²) in [5.41, 5.74) is 0.0964. The van der Waals surface area contributed by atoms with Gasteiger partial charge < -0.3 is 10.6 Å². The molecule has 0 aromatic heterocycles. The molecule has 0 saturated carbocycles. The highest BCUT2D eigenvalue weighted by atomic mass is 19.1. The van der Waals surface area contributed by atoms with E-state index < -0.39 is 5.41 Å². The molecule has 0 radical (unpaired) electrons. The van der Waals surface area contributed by atoms with Gasteiger partial charge in [0, 0.05) is 25.2 Å². The predicted octanol–water partition coefficient (Wildman–Crippen LogP) is 2.25. The van der Waals surface area contributed by atoms with Gasteiger partial charge in [-0.25, -0.2) is 4.39 Å². The Bertz CT molecular complexity index is 418. The van der Waals surface area contributed by atoms with E-state index in [9.17, 15) is 9.18 Å². The Morgan fingerprint density at radius 3 is 2.56 bits per heavy atom. The van der Waals surface area contributed by atoms with Crippen LogP contribution in [-0.4, -0.2) is 19.5 Å². The van der Waals surface area contributed by atoms with Crippen LogP contribution in [0.25, 0.3) is 0 Å². The van der Waals surface area contributed by atoms with Gasteiger partial charge in [-0.1, -0.05) is 18.2 Å². The Labute approximate surface area is 108 Å². The Kier molecular flexibility index (Phi) is 4.84. The number of amides is 1. The van der Waals surface area contributed by atoms with Crippen LogP contribution in [0.5, 0.6) is 0 Å². The third-order valence-electron chi connectivity index (χ3n) is 3.06. The largest absolute Gasteiger partial charge is 0.359 e. The summed E-state index contributed by atoms with van der Waals surface area (Å²) in [7, 11) is 1.62. The molecule has 4 heteroatoms. The molecular formula is C14H21FN2O. The van der Waals surface area contributed by atoms with Crippen molar-refractivity contribution in [1.29, 1.82) is 0 Å². The topological polar surface area (TPSA) is 41.1 Å². The molecule has 1 atom stereocenters. The number of carbonyl (C=O) groups is 1. The summed E-state index contributed by atoms with van der Waals surface area (Å²) < 4.78 is 13.6. The van der Waals surface area contributed by atoms with Gasteiger partial charge in [0.05, 0.1) is 5.41 Å². The second-order valence-electron chi connectivity index (χ2n) is 5.09. The highest BCUT2D eigenvalue weighted by molar-refractivity contribution is 5.81. The summed E-state index contributed by atoms with van der Waals surface area (Å²) in [5.74, 6) is -0.258. The minimum atomic E-state index is -0.520. The Balaban J connectivity index is 2.64. The zero-order valence-corrected chi connectivity index (χ0v) is 11.4. The lowest BCUT2D eigenvalue weighted by Crippen LogP contribution is -2.42. The van der Waals surface area contributed by atoms with Gasteiger partial charge in [0.2, 0.25) is 5.91 Å². The van der Waals surface area contributed by atoms with Gasteiger partial charge in [-0.3, -0.25) is 4.79 Å². The lowest BCUT2D eigenvalue weighted by Gasteiger charge is -2.25. The molecule has 1 aromatic carbocycles. The highest BCUT2D eigenvalue weighted by Crippen LogP contribution is 2.19. The van der Waals surface area contributed by atoms with E-state index in [1.807, 2.05) is 20.8 Å². The molecule has 0 heterocycles. The molecule has 1 amide bonds. The smallest absolute Gasteiger partial charge is 0.226 e. The van der Waals surface area contributed by atoms with Crippen molar-refractivity contribution in [1.82, 2.24) is 10.6 Å². The normalized spacial score (nSPS) is 13.2. The van der Waals surface area contributed by atoms with Crippen molar-refractivity contribution in [3.63, 3.8) is 0 Å². The summed E-state index contributed by atoms with van der Waals surface area (Å²) in [6, 6.07) is 6.53. The van der Waals surface area contributed by atoms with Crippen molar-refractivity contribution in [3.8, 4) is 0 Å². The maximum absolute atomic E-state index is 13.6. The van der Waals surface area contributed by atoms with Gasteiger partial charge in [-0.2, -0.15) is 0 Å². The fourth-order valence-corrected chi connectivity index (χ4v) is 1.76. The average molecular weight is 252 g/mol. The van der Waals surface area contributed by atoms with Crippen molar-refractivity contribution >= 4 is 5.91 Å². The average Bonchev–Trinajstić information content (AvgIpc) is 2.35. The van der Waals surface area contributed by atoms with Crippen LogP contribution in [0.1, 0.15) is 32.4 Å². The number of rotatable bonds is 5. The lowest BCUT2D eigenvalue weighted by molar-refractivity contribution is -0.128. The molecule has 0 spiro atoms. The highest BCUT2D eigenvalue weighted by Gasteiger charge is 2.27. The second kappa shape index (κ2) is 5.96. The molecule has 1 aromatic rings. The maximum atomic E-state index is 13.6. The van der Waals surface area contributed by atoms with E-state index in [0.717, 1.165) is 0 Å². The van der Waals surface area contributed by atoms with E-state index in [4.69, 9.17) is 0 Å². The molecule has 1 rings (SSSR count). The van der Waals surface area contributed by atoms with Crippen molar-refractivity contribution in [3.05, 3.63) is 35.6 Å². The van der Waals surface area contributed by atoms with Crippen LogP contribution in [0.3, 0.4) is 0 Å². The van der Waals surface area contributed by atoms with E-state index in [1.165, 1.54) is 6.07 Å². The summed E-state index contributed by atoms with van der Waals surface area (Å²) in [6.45, 7) is 6.08. The van der Waals surface area contributed by atoms with Crippen LogP contribution in [0.2, 0.25) is 0 Å². The molecule has 0 aliphatic rings. The van der Waals surface area contributed by atoms with E-state index in [0.29, 0.717) is 12.1 Å². The second-order valence-corrected chi connectivity index (χ2v) is 5.09. The van der Waals surface area contributed by atoms with Crippen molar-refractivity contribution in [2.75, 3.05) is 13.6 Å². The molecule has 0 aliphatic carbocycles. The predicted molar refractivity (Wildman–Crippen MR) is 70.7 cm³/mol. The first-order valence-electron chi connectivity index (χ1n) is 6.08. The molecule has 3 nitrogen and oxygen atoms in total. The van der Waals surface area contributed by atoms with E-state index in [-0.39, 0.29) is 17.8 Å². The summed E-state index contributed by atoms with van der Waals surface area (Å²) in [6.07, 6.45) is 0. The van der Waals surface area contributed by atoms with Crippen LogP contribution < -0.4 is 10.6 Å². The van der Waals surface area contributed by atoms with E-state index in [1.54, 1.807) is 25.2 Å². The first-order valence-corrected chi connectivity index (χ1v) is 6.08. The SMILES string of the molecule is CNC(=O)C(C)(C)CNC(C)c1ccccc1F. The van der Waals surface area contributed by atoms with Gasteiger partial charge >= 0.3 is 0 Å². The summed E-state index contributed by atoms with van der Waals surface area (Å²) >= 11 is 0. The minimum Gasteiger partial charge on any atom is -0.359 e. The molecule has 18 heavy (non-hydrogen) atoms. The molecular weight excluding hydrogens is 231 g/mol. The fraction of sp³-hybridized carbons (Fsp3) is 0.500. The van der Waals surface area contributed by atoms with Crippen LogP contribution in [0.15, 0.2) is 24.3 Å². The van der Waals surface area contributed by atoms with Crippen molar-refractivity contribution < 1.29 is 9.18 Å². The standard InChI is InChI=1S/C14H21FN2O/c1-10(11-7-5-6-8-12(11)15)17-9-14(2,3)13(18)16-4/h5-8,10,17H,9H2,1-4H3,(H,16,18). The first kappa shape index (κ1) is 14.6. The fourth-order valence-electron chi connectivity index (χ4n) is 1.76. The maximum Gasteiger partial charge on any atom is 0.226 e. The third kappa shape index (κ3) is 3.53. The molecule has 0 aliphatic heterocycles. The van der Waals surface area contributed by atoms with E-state index >= 15 is 0 Å². The number of halogens is 1. The molecule has 1 unspecified atom stereocenters. The van der Waals surface area contributed by atoms with Crippen molar-refractivity contribution in [2.24, 2.45) is 5.41 Å².